The van der Waals surface area contributed by atoms with Crippen LogP contribution in [0.3, 0.4) is 0 Å². The first-order chi connectivity index (χ1) is 10.2. The maximum absolute atomic E-state index is 12.3. The van der Waals surface area contributed by atoms with Crippen molar-refractivity contribution in [1.29, 1.82) is 0 Å². The van der Waals surface area contributed by atoms with Gasteiger partial charge in [-0.05, 0) is 24.3 Å². The van der Waals surface area contributed by atoms with E-state index in [1.807, 2.05) is 12.1 Å². The van der Waals surface area contributed by atoms with Gasteiger partial charge in [-0.1, -0.05) is 22.9 Å². The summed E-state index contributed by atoms with van der Waals surface area (Å²) in [6.45, 7) is 0. The van der Waals surface area contributed by atoms with Gasteiger partial charge < -0.3 is 5.32 Å². The number of fused-ring (bicyclic) bond motifs is 1. The second kappa shape index (κ2) is 5.67. The molecule has 1 amide bonds. The molecule has 0 fully saturated rings. The maximum atomic E-state index is 12.3. The Kier molecular flexibility index (Phi) is 3.72. The predicted molar refractivity (Wildman–Crippen MR) is 86.4 cm³/mol. The fraction of sp³-hybridized carbons (Fsp3) is 0.0714. The number of nitrogens with zero attached hydrogens (tertiary/aromatic N) is 2. The molecule has 106 valence electrons. The van der Waals surface area contributed by atoms with Crippen LogP contribution in [-0.2, 0) is 0 Å². The molecular weight excluding hydrogens is 308 g/mol. The van der Waals surface area contributed by atoms with E-state index in [0.717, 1.165) is 10.2 Å². The van der Waals surface area contributed by atoms with Gasteiger partial charge in [0.25, 0.3) is 5.91 Å². The fourth-order valence-corrected chi connectivity index (χ4v) is 3.05. The highest BCUT2D eigenvalue weighted by Crippen LogP contribution is 2.28. The summed E-state index contributed by atoms with van der Waals surface area (Å²) >= 11 is 7.32. The number of halogens is 1. The van der Waals surface area contributed by atoms with Gasteiger partial charge >= 0.3 is 0 Å². The minimum atomic E-state index is -0.252. The molecule has 0 bridgehead atoms. The van der Waals surface area contributed by atoms with E-state index in [4.69, 9.17) is 11.6 Å². The van der Waals surface area contributed by atoms with Crippen molar-refractivity contribution in [2.45, 2.75) is 0 Å². The number of aromatic nitrogens is 2. The second-order valence-corrected chi connectivity index (χ2v) is 5.72. The second-order valence-electron chi connectivity index (χ2n) is 4.26. The molecule has 3 aromatic rings. The van der Waals surface area contributed by atoms with Crippen LogP contribution in [0.5, 0.6) is 0 Å². The Morgan fingerprint density at radius 3 is 3.00 bits per heavy atom. The first-order valence-electron chi connectivity index (χ1n) is 6.16. The van der Waals surface area contributed by atoms with Crippen LogP contribution in [0.15, 0.2) is 36.7 Å². The Balaban J connectivity index is 1.89. The van der Waals surface area contributed by atoms with Crippen molar-refractivity contribution in [2.75, 3.05) is 17.7 Å². The van der Waals surface area contributed by atoms with Crippen LogP contribution in [-0.4, -0.2) is 22.9 Å². The van der Waals surface area contributed by atoms with Crippen LogP contribution in [0.2, 0.25) is 5.02 Å². The monoisotopic (exact) mass is 318 g/mol. The molecule has 2 N–H and O–H groups in total. The molecule has 0 radical (unpaired) electrons. The van der Waals surface area contributed by atoms with E-state index in [-0.39, 0.29) is 5.91 Å². The first kappa shape index (κ1) is 13.8. The Morgan fingerprint density at radius 2 is 2.19 bits per heavy atom. The summed E-state index contributed by atoms with van der Waals surface area (Å²) in [7, 11) is 1.76. The zero-order chi connectivity index (χ0) is 14.8. The van der Waals surface area contributed by atoms with Gasteiger partial charge in [0.1, 0.15) is 0 Å². The summed E-state index contributed by atoms with van der Waals surface area (Å²) in [4.78, 5) is 20.6. The summed E-state index contributed by atoms with van der Waals surface area (Å²) in [6.07, 6.45) is 3.15. The first-order valence-corrected chi connectivity index (χ1v) is 7.36. The van der Waals surface area contributed by atoms with Crippen LogP contribution in [0.1, 0.15) is 10.4 Å². The molecular formula is C14H11ClN4OS. The average Bonchev–Trinajstić information content (AvgIpc) is 2.88. The van der Waals surface area contributed by atoms with Crippen LogP contribution < -0.4 is 10.6 Å². The normalized spacial score (nSPS) is 10.6. The lowest BCUT2D eigenvalue weighted by atomic mass is 10.2. The third kappa shape index (κ3) is 2.81. The van der Waals surface area contributed by atoms with Crippen LogP contribution in [0, 0.1) is 0 Å². The van der Waals surface area contributed by atoms with E-state index in [1.165, 1.54) is 17.5 Å². The van der Waals surface area contributed by atoms with E-state index >= 15 is 0 Å². The highest BCUT2D eigenvalue weighted by molar-refractivity contribution is 7.22. The van der Waals surface area contributed by atoms with Crippen LogP contribution >= 0.6 is 22.9 Å². The topological polar surface area (TPSA) is 66.9 Å². The van der Waals surface area contributed by atoms with Crippen molar-refractivity contribution in [3.05, 3.63) is 47.2 Å². The number of thiazole rings is 1. The van der Waals surface area contributed by atoms with Crippen molar-refractivity contribution < 1.29 is 4.79 Å². The summed E-state index contributed by atoms with van der Waals surface area (Å²) in [5, 5.41) is 6.93. The van der Waals surface area contributed by atoms with Crippen molar-refractivity contribution in [3.8, 4) is 0 Å². The zero-order valence-electron chi connectivity index (χ0n) is 11.1. The van der Waals surface area contributed by atoms with Gasteiger partial charge in [0.05, 0.1) is 15.8 Å². The van der Waals surface area contributed by atoms with Gasteiger partial charge in [-0.15, -0.1) is 0 Å². The molecule has 0 aliphatic carbocycles. The number of hydrogen-bond acceptors (Lipinski definition) is 5. The highest BCUT2D eigenvalue weighted by Gasteiger charge is 2.13. The molecule has 2 aromatic heterocycles. The van der Waals surface area contributed by atoms with E-state index in [0.29, 0.717) is 21.4 Å². The number of nitrogens with one attached hydrogen (secondary N) is 2. The van der Waals surface area contributed by atoms with Crippen LogP contribution in [0.4, 0.5) is 10.8 Å². The average molecular weight is 319 g/mol. The van der Waals surface area contributed by atoms with E-state index in [1.54, 1.807) is 25.4 Å². The van der Waals surface area contributed by atoms with Gasteiger partial charge in [-0.2, -0.15) is 0 Å². The van der Waals surface area contributed by atoms with Gasteiger partial charge in [0.2, 0.25) is 0 Å². The number of carbonyl (C=O) groups excluding carboxylic acids is 1. The number of benzene rings is 1. The van der Waals surface area contributed by atoms with E-state index in [2.05, 4.69) is 20.6 Å². The number of rotatable bonds is 3. The number of carbonyl (C=O) groups is 1. The Hall–Kier alpha value is -2.18. The largest absolute Gasteiger partial charge is 0.387 e. The van der Waals surface area contributed by atoms with Crippen molar-refractivity contribution in [1.82, 2.24) is 9.97 Å². The molecule has 0 spiro atoms. The third-order valence-corrected chi connectivity index (χ3v) is 4.07. The highest BCUT2D eigenvalue weighted by atomic mass is 35.5. The minimum absolute atomic E-state index is 0.252. The fourth-order valence-electron chi connectivity index (χ4n) is 1.91. The van der Waals surface area contributed by atoms with Crippen molar-refractivity contribution >= 4 is 49.9 Å². The molecule has 0 saturated carbocycles. The summed E-state index contributed by atoms with van der Waals surface area (Å²) in [5.74, 6) is -0.252. The Bertz CT molecular complexity index is 818. The SMILES string of the molecule is CNc1ccncc1C(=O)Nc1nc2ccc(Cl)cc2s1. The summed E-state index contributed by atoms with van der Waals surface area (Å²) in [5.41, 5.74) is 1.99. The zero-order valence-corrected chi connectivity index (χ0v) is 12.6. The quantitative estimate of drug-likeness (QED) is 0.773. The van der Waals surface area contributed by atoms with E-state index in [9.17, 15) is 4.79 Å². The van der Waals surface area contributed by atoms with Gasteiger partial charge in [0.15, 0.2) is 5.13 Å². The number of amides is 1. The molecule has 0 atom stereocenters. The molecule has 1 aromatic carbocycles. The Labute approximate surface area is 130 Å². The molecule has 0 unspecified atom stereocenters. The molecule has 0 aliphatic rings. The number of anilines is 2. The summed E-state index contributed by atoms with van der Waals surface area (Å²) < 4.78 is 0.929. The molecule has 0 saturated heterocycles. The molecule has 5 nitrogen and oxygen atoms in total. The third-order valence-electron chi connectivity index (χ3n) is 2.91. The minimum Gasteiger partial charge on any atom is -0.387 e. The number of pyridine rings is 1. The Morgan fingerprint density at radius 1 is 1.33 bits per heavy atom. The predicted octanol–water partition coefficient (Wildman–Crippen LogP) is 3.64. The molecule has 0 aliphatic heterocycles. The van der Waals surface area contributed by atoms with Gasteiger partial charge in [0, 0.05) is 30.2 Å². The van der Waals surface area contributed by atoms with Crippen LogP contribution in [0.25, 0.3) is 10.2 Å². The summed E-state index contributed by atoms with van der Waals surface area (Å²) in [6, 6.07) is 7.17. The molecule has 21 heavy (non-hydrogen) atoms. The van der Waals surface area contributed by atoms with E-state index < -0.39 is 0 Å². The lowest BCUT2D eigenvalue weighted by Crippen LogP contribution is -2.14. The lowest BCUT2D eigenvalue weighted by molar-refractivity contribution is 0.102. The van der Waals surface area contributed by atoms with Gasteiger partial charge in [-0.25, -0.2) is 4.98 Å². The lowest BCUT2D eigenvalue weighted by Gasteiger charge is -2.06. The maximum Gasteiger partial charge on any atom is 0.261 e. The smallest absolute Gasteiger partial charge is 0.261 e. The van der Waals surface area contributed by atoms with Crippen molar-refractivity contribution in [3.63, 3.8) is 0 Å². The van der Waals surface area contributed by atoms with Gasteiger partial charge in [-0.3, -0.25) is 15.1 Å². The molecule has 7 heteroatoms. The standard InChI is InChI=1S/C14H11ClN4OS/c1-16-10-4-5-17-7-9(10)13(20)19-14-18-11-3-2-8(15)6-12(11)21-14/h2-7H,1H3,(H,16,17)(H,18,19,20). The molecule has 3 rings (SSSR count). The molecule has 2 heterocycles. The van der Waals surface area contributed by atoms with Crippen molar-refractivity contribution in [2.24, 2.45) is 0 Å². The number of hydrogen-bond donors (Lipinski definition) is 2.